The molecule has 1 aromatic carbocycles. The fourth-order valence-electron chi connectivity index (χ4n) is 5.64. The third kappa shape index (κ3) is 10.5. The molecule has 3 heterocycles. The summed E-state index contributed by atoms with van der Waals surface area (Å²) in [5.41, 5.74) is 1.44. The molecule has 0 bridgehead atoms. The van der Waals surface area contributed by atoms with Gasteiger partial charge < -0.3 is 41.5 Å². The molecule has 0 saturated carbocycles. The van der Waals surface area contributed by atoms with Gasteiger partial charge in [0.15, 0.2) is 5.11 Å². The van der Waals surface area contributed by atoms with Crippen molar-refractivity contribution in [3.05, 3.63) is 24.3 Å². The number of hydrogen-bond donors (Lipinski definition) is 6. The van der Waals surface area contributed by atoms with E-state index in [-0.39, 0.29) is 48.3 Å². The summed E-state index contributed by atoms with van der Waals surface area (Å²) in [6.07, 6.45) is 5.24. The number of amides is 5. The number of ether oxygens (including phenoxy) is 1. The van der Waals surface area contributed by atoms with E-state index in [2.05, 4.69) is 31.9 Å². The van der Waals surface area contributed by atoms with Crippen LogP contribution in [0, 0.1) is 5.92 Å². The number of rotatable bonds is 15. The molecule has 0 unspecified atom stereocenters. The number of nitrogens with zero attached hydrogens (tertiary/aromatic N) is 1. The first-order chi connectivity index (χ1) is 21.3. The van der Waals surface area contributed by atoms with Crippen LogP contribution in [0.5, 0.6) is 0 Å². The summed E-state index contributed by atoms with van der Waals surface area (Å²) in [4.78, 5) is 50.7. The number of carbonyl (C=O) groups is 4. The van der Waals surface area contributed by atoms with Gasteiger partial charge in [-0.3, -0.25) is 14.4 Å². The molecular weight excluding hydrogens is 605 g/mol. The molecule has 3 atom stereocenters. The molecular formula is C30H45N7O5S2. The average Bonchev–Trinajstić information content (AvgIpc) is 3.58. The Morgan fingerprint density at radius 1 is 1.02 bits per heavy atom. The minimum absolute atomic E-state index is 0.0311. The summed E-state index contributed by atoms with van der Waals surface area (Å²) in [5, 5.41) is 18.6. The molecule has 6 N–H and O–H groups in total. The smallest absolute Gasteiger partial charge is 0.315 e. The second-order valence-corrected chi connectivity index (χ2v) is 13.0. The van der Waals surface area contributed by atoms with Crippen LogP contribution in [0.4, 0.5) is 16.2 Å². The lowest BCUT2D eigenvalue weighted by Gasteiger charge is -2.31. The summed E-state index contributed by atoms with van der Waals surface area (Å²) in [6, 6.07) is 7.59. The number of carbonyl (C=O) groups excluding carboxylic acids is 4. The fraction of sp³-hybridized carbons (Fsp3) is 0.633. The molecule has 14 heteroatoms. The minimum Gasteiger partial charge on any atom is -0.382 e. The van der Waals surface area contributed by atoms with Gasteiger partial charge in [0, 0.05) is 67.6 Å². The third-order valence-corrected chi connectivity index (χ3v) is 9.85. The predicted molar refractivity (Wildman–Crippen MR) is 177 cm³/mol. The van der Waals surface area contributed by atoms with Crippen LogP contribution >= 0.6 is 24.0 Å². The van der Waals surface area contributed by atoms with Crippen LogP contribution in [0.2, 0.25) is 0 Å². The minimum atomic E-state index is -0.0742. The molecule has 5 amide bonds. The van der Waals surface area contributed by atoms with Crippen LogP contribution in [-0.4, -0.2) is 96.2 Å². The van der Waals surface area contributed by atoms with Crippen LogP contribution in [0.3, 0.4) is 0 Å². The normalized spacial score (nSPS) is 21.2. The fourth-order valence-corrected chi connectivity index (χ4v) is 7.38. The van der Waals surface area contributed by atoms with Crippen molar-refractivity contribution in [2.75, 3.05) is 55.8 Å². The highest BCUT2D eigenvalue weighted by molar-refractivity contribution is 8.00. The zero-order valence-electron chi connectivity index (χ0n) is 25.3. The molecule has 0 aromatic heterocycles. The largest absolute Gasteiger partial charge is 0.382 e. The molecule has 242 valence electrons. The average molecular weight is 651 g/mol. The first-order valence-corrected chi connectivity index (χ1v) is 17.0. The lowest BCUT2D eigenvalue weighted by molar-refractivity contribution is -0.134. The Morgan fingerprint density at radius 2 is 1.75 bits per heavy atom. The number of nitrogens with one attached hydrogen (secondary N) is 6. The maximum absolute atomic E-state index is 12.7. The van der Waals surface area contributed by atoms with Gasteiger partial charge in [-0.25, -0.2) is 4.79 Å². The monoisotopic (exact) mass is 650 g/mol. The molecule has 3 saturated heterocycles. The van der Waals surface area contributed by atoms with Gasteiger partial charge in [0.05, 0.1) is 18.6 Å². The number of hydrogen-bond acceptors (Lipinski definition) is 7. The van der Waals surface area contributed by atoms with Crippen molar-refractivity contribution in [2.24, 2.45) is 5.92 Å². The van der Waals surface area contributed by atoms with Crippen molar-refractivity contribution in [1.82, 2.24) is 26.2 Å². The highest BCUT2D eigenvalue weighted by Gasteiger charge is 2.42. The molecule has 0 spiro atoms. The van der Waals surface area contributed by atoms with Crippen molar-refractivity contribution >= 4 is 64.2 Å². The van der Waals surface area contributed by atoms with E-state index in [9.17, 15) is 19.2 Å². The maximum Gasteiger partial charge on any atom is 0.315 e. The van der Waals surface area contributed by atoms with Gasteiger partial charge in [-0.1, -0.05) is 6.42 Å². The number of piperidine rings is 1. The van der Waals surface area contributed by atoms with E-state index < -0.39 is 0 Å². The molecule has 0 aliphatic carbocycles. The van der Waals surface area contributed by atoms with Gasteiger partial charge in [0.1, 0.15) is 0 Å². The topological polar surface area (TPSA) is 153 Å². The zero-order chi connectivity index (χ0) is 31.3. The Hall–Kier alpha value is -3.10. The van der Waals surface area contributed by atoms with Crippen molar-refractivity contribution in [3.8, 4) is 0 Å². The van der Waals surface area contributed by atoms with Gasteiger partial charge in [-0.05, 0) is 75.5 Å². The summed E-state index contributed by atoms with van der Waals surface area (Å²) in [6.45, 7) is 5.03. The lowest BCUT2D eigenvalue weighted by Crippen LogP contribution is -2.47. The summed E-state index contributed by atoms with van der Waals surface area (Å²) >= 11 is 7.25. The van der Waals surface area contributed by atoms with E-state index in [4.69, 9.17) is 17.0 Å². The van der Waals surface area contributed by atoms with E-state index in [1.165, 1.54) is 0 Å². The standard InChI is InChI=1S/C30H45N7O5S2/c1-2-42-17-5-14-31-28(40)20-12-15-37(16-13-20)26(39)18-32-30(43)34-22-10-8-21(9-11-22)33-25(38)7-4-3-6-24-27-23(19-44-24)35-29(41)36-27/h8-11,20,23-24,27H,2-7,12-19H2,1H3,(H,31,40)(H,33,38)(H2,32,34,43)(H2,35,36,41)/t23-,24-,27-/m0/s1/i5+1,14+1,17+1. The molecule has 3 aliphatic rings. The van der Waals surface area contributed by atoms with E-state index in [1.54, 1.807) is 17.0 Å². The second kappa shape index (κ2) is 17.4. The van der Waals surface area contributed by atoms with Gasteiger partial charge in [0.25, 0.3) is 0 Å². The highest BCUT2D eigenvalue weighted by Crippen LogP contribution is 2.33. The number of anilines is 2. The third-order valence-electron chi connectivity index (χ3n) is 8.09. The number of unbranched alkanes of at least 4 members (excludes halogenated alkanes) is 1. The lowest BCUT2D eigenvalue weighted by atomic mass is 9.96. The van der Waals surface area contributed by atoms with Crippen LogP contribution in [0.25, 0.3) is 0 Å². The van der Waals surface area contributed by atoms with E-state index in [0.29, 0.717) is 68.2 Å². The highest BCUT2D eigenvalue weighted by atomic mass is 32.2. The van der Waals surface area contributed by atoms with Crippen molar-refractivity contribution in [1.29, 1.82) is 0 Å². The molecule has 1 aromatic rings. The summed E-state index contributed by atoms with van der Waals surface area (Å²) in [7, 11) is 0. The van der Waals surface area contributed by atoms with Crippen LogP contribution in [-0.2, 0) is 19.1 Å². The van der Waals surface area contributed by atoms with Crippen LogP contribution < -0.4 is 31.9 Å². The number of benzene rings is 1. The quantitative estimate of drug-likeness (QED) is 0.0728. The van der Waals surface area contributed by atoms with E-state index >= 15 is 0 Å². The first-order valence-electron chi connectivity index (χ1n) is 15.6. The molecule has 0 radical (unpaired) electrons. The van der Waals surface area contributed by atoms with Crippen molar-refractivity contribution < 1.29 is 23.9 Å². The molecule has 3 fully saturated rings. The number of thioether (sulfide) groups is 1. The van der Waals surface area contributed by atoms with Gasteiger partial charge in [0.2, 0.25) is 17.7 Å². The van der Waals surface area contributed by atoms with Crippen molar-refractivity contribution in [3.63, 3.8) is 0 Å². The zero-order valence-corrected chi connectivity index (χ0v) is 27.0. The van der Waals surface area contributed by atoms with Gasteiger partial charge in [-0.2, -0.15) is 11.8 Å². The second-order valence-electron chi connectivity index (χ2n) is 11.3. The van der Waals surface area contributed by atoms with Gasteiger partial charge >= 0.3 is 6.03 Å². The number of fused-ring (bicyclic) bond motifs is 1. The van der Waals surface area contributed by atoms with E-state index in [0.717, 1.165) is 37.1 Å². The molecule has 3 aliphatic heterocycles. The Morgan fingerprint density at radius 3 is 2.48 bits per heavy atom. The molecule has 44 heavy (non-hydrogen) atoms. The Balaban J connectivity index is 1.05. The number of likely N-dealkylation sites (tertiary alicyclic amines) is 1. The Kier molecular flexibility index (Phi) is 13.4. The Bertz CT molecular complexity index is 1150. The predicted octanol–water partition coefficient (Wildman–Crippen LogP) is 2.42. The first kappa shape index (κ1) is 33.8. The van der Waals surface area contributed by atoms with Crippen LogP contribution in [0.1, 0.15) is 51.9 Å². The van der Waals surface area contributed by atoms with Crippen molar-refractivity contribution in [2.45, 2.75) is 69.2 Å². The van der Waals surface area contributed by atoms with Crippen LogP contribution in [0.15, 0.2) is 24.3 Å². The van der Waals surface area contributed by atoms with Gasteiger partial charge in [-0.15, -0.1) is 0 Å². The SMILES string of the molecule is CCO[13CH2][13CH2][13CH2]NC(=O)C1CCN(C(=O)CNC(=S)Nc2ccc(NC(=O)CCCC[C@@H]3SC[C@@H]4NC(=O)N[C@@H]43)cc2)CC1. The molecule has 4 rings (SSSR count). The summed E-state index contributed by atoms with van der Waals surface area (Å²) in [5.74, 6) is 0.832. The number of urea groups is 1. The summed E-state index contributed by atoms with van der Waals surface area (Å²) < 4.78 is 5.29. The maximum atomic E-state index is 12.7. The van der Waals surface area contributed by atoms with E-state index in [1.807, 2.05) is 30.8 Å². The Labute approximate surface area is 268 Å². The number of thiocarbonyl (C=S) groups is 1. The molecule has 12 nitrogen and oxygen atoms in total.